The van der Waals surface area contributed by atoms with Crippen molar-refractivity contribution in [3.8, 4) is 0 Å². The molecule has 21 heavy (non-hydrogen) atoms. The lowest BCUT2D eigenvalue weighted by Crippen LogP contribution is -2.48. The fourth-order valence-corrected chi connectivity index (χ4v) is 3.70. The molecule has 1 saturated heterocycles. The standard InChI is InChI=1S/C16H26N2O2S/c1-15(2,3)14-17-11(10-21-14)9-13(19)18-8-6-7-12(18)16(4,5)20/h10,12,20H,6-9H2,1-5H3. The van der Waals surface area contributed by atoms with Crippen LogP contribution < -0.4 is 0 Å². The molecule has 2 rings (SSSR count). The number of nitrogens with zero attached hydrogens (tertiary/aromatic N) is 2. The van der Waals surface area contributed by atoms with Gasteiger partial charge in [0.1, 0.15) is 0 Å². The lowest BCUT2D eigenvalue weighted by atomic mass is 9.96. The van der Waals surface area contributed by atoms with Crippen LogP contribution in [0, 0.1) is 0 Å². The Hall–Kier alpha value is -0.940. The molecule has 118 valence electrons. The Bertz CT molecular complexity index is 511. The van der Waals surface area contributed by atoms with Gasteiger partial charge in [0.15, 0.2) is 0 Å². The van der Waals surface area contributed by atoms with Crippen LogP contribution in [-0.2, 0) is 16.6 Å². The van der Waals surface area contributed by atoms with Crippen LogP contribution in [0.4, 0.5) is 0 Å². The van der Waals surface area contributed by atoms with E-state index in [-0.39, 0.29) is 17.4 Å². The lowest BCUT2D eigenvalue weighted by Gasteiger charge is -2.33. The van der Waals surface area contributed by atoms with Crippen molar-refractivity contribution < 1.29 is 9.90 Å². The Morgan fingerprint density at radius 1 is 1.43 bits per heavy atom. The Labute approximate surface area is 131 Å². The largest absolute Gasteiger partial charge is 0.388 e. The smallest absolute Gasteiger partial charge is 0.228 e. The molecule has 0 spiro atoms. The molecule has 1 aliphatic heterocycles. The maximum atomic E-state index is 12.5. The van der Waals surface area contributed by atoms with Crippen molar-refractivity contribution in [2.75, 3.05) is 6.54 Å². The van der Waals surface area contributed by atoms with Crippen molar-refractivity contribution in [2.45, 2.75) is 70.9 Å². The van der Waals surface area contributed by atoms with E-state index in [1.165, 1.54) is 0 Å². The molecular formula is C16H26N2O2S. The summed E-state index contributed by atoms with van der Waals surface area (Å²) < 4.78 is 0. The van der Waals surface area contributed by atoms with Gasteiger partial charge >= 0.3 is 0 Å². The second kappa shape index (κ2) is 5.69. The van der Waals surface area contributed by atoms with Crippen LogP contribution in [0.3, 0.4) is 0 Å². The zero-order chi connectivity index (χ0) is 15.8. The average Bonchev–Trinajstić information content (AvgIpc) is 2.94. The SMILES string of the molecule is CC(C)(C)c1nc(CC(=O)N2CCCC2C(C)(C)O)cs1. The minimum atomic E-state index is -0.842. The fraction of sp³-hybridized carbons (Fsp3) is 0.750. The number of aromatic nitrogens is 1. The molecule has 0 radical (unpaired) electrons. The molecule has 1 atom stereocenters. The molecule has 0 aromatic carbocycles. The quantitative estimate of drug-likeness (QED) is 0.934. The first-order valence-corrected chi connectivity index (χ1v) is 8.44. The molecule has 4 nitrogen and oxygen atoms in total. The minimum absolute atomic E-state index is 0.0230. The van der Waals surface area contributed by atoms with E-state index in [4.69, 9.17) is 0 Å². The summed E-state index contributed by atoms with van der Waals surface area (Å²) in [5, 5.41) is 13.2. The van der Waals surface area contributed by atoms with Crippen molar-refractivity contribution in [1.29, 1.82) is 0 Å². The number of rotatable bonds is 3. The molecule has 5 heteroatoms. The topological polar surface area (TPSA) is 53.4 Å². The van der Waals surface area contributed by atoms with E-state index in [0.717, 1.165) is 30.1 Å². The maximum absolute atomic E-state index is 12.5. The molecule has 1 amide bonds. The Balaban J connectivity index is 2.06. The van der Waals surface area contributed by atoms with Crippen LogP contribution in [0.25, 0.3) is 0 Å². The summed E-state index contributed by atoms with van der Waals surface area (Å²) in [4.78, 5) is 18.9. The number of likely N-dealkylation sites (tertiary alicyclic amines) is 1. The molecular weight excluding hydrogens is 284 g/mol. The highest BCUT2D eigenvalue weighted by Crippen LogP contribution is 2.29. The normalized spacial score (nSPS) is 20.1. The molecule has 1 aliphatic rings. The number of carbonyl (C=O) groups excluding carboxylic acids is 1. The van der Waals surface area contributed by atoms with Gasteiger partial charge in [0.25, 0.3) is 0 Å². The van der Waals surface area contributed by atoms with Crippen molar-refractivity contribution in [3.63, 3.8) is 0 Å². The zero-order valence-electron chi connectivity index (χ0n) is 13.6. The molecule has 2 heterocycles. The maximum Gasteiger partial charge on any atom is 0.228 e. The number of carbonyl (C=O) groups is 1. The number of thiazole rings is 1. The summed E-state index contributed by atoms with van der Waals surface area (Å²) in [5.41, 5.74) is 0.0244. The summed E-state index contributed by atoms with van der Waals surface area (Å²) in [6.07, 6.45) is 2.17. The van der Waals surface area contributed by atoms with E-state index < -0.39 is 5.60 Å². The van der Waals surface area contributed by atoms with Gasteiger partial charge in [0.05, 0.1) is 28.8 Å². The highest BCUT2D eigenvalue weighted by Gasteiger charge is 2.38. The summed E-state index contributed by atoms with van der Waals surface area (Å²) in [5.74, 6) is 0.0744. The first-order valence-electron chi connectivity index (χ1n) is 7.56. The minimum Gasteiger partial charge on any atom is -0.388 e. The fourth-order valence-electron chi connectivity index (χ4n) is 2.79. The number of amides is 1. The van der Waals surface area contributed by atoms with Gasteiger partial charge < -0.3 is 10.0 Å². The van der Waals surface area contributed by atoms with Crippen LogP contribution in [0.5, 0.6) is 0 Å². The lowest BCUT2D eigenvalue weighted by molar-refractivity contribution is -0.135. The Morgan fingerprint density at radius 2 is 2.10 bits per heavy atom. The number of hydrogen-bond acceptors (Lipinski definition) is 4. The van der Waals surface area contributed by atoms with Crippen molar-refractivity contribution in [3.05, 3.63) is 16.1 Å². The van der Waals surface area contributed by atoms with Gasteiger partial charge in [-0.15, -0.1) is 11.3 Å². The Kier molecular flexibility index (Phi) is 4.45. The van der Waals surface area contributed by atoms with Crippen LogP contribution in [0.15, 0.2) is 5.38 Å². The van der Waals surface area contributed by atoms with E-state index in [0.29, 0.717) is 6.42 Å². The third kappa shape index (κ3) is 3.83. The van der Waals surface area contributed by atoms with Gasteiger partial charge in [0.2, 0.25) is 5.91 Å². The average molecular weight is 310 g/mol. The second-order valence-corrected chi connectivity index (χ2v) is 8.33. The predicted molar refractivity (Wildman–Crippen MR) is 85.6 cm³/mol. The first kappa shape index (κ1) is 16.4. The molecule has 1 unspecified atom stereocenters. The molecule has 0 bridgehead atoms. The molecule has 1 aromatic rings. The monoisotopic (exact) mass is 310 g/mol. The van der Waals surface area contributed by atoms with Gasteiger partial charge in [-0.05, 0) is 26.7 Å². The van der Waals surface area contributed by atoms with Crippen molar-refractivity contribution >= 4 is 17.2 Å². The van der Waals surface area contributed by atoms with Crippen molar-refractivity contribution in [1.82, 2.24) is 9.88 Å². The zero-order valence-corrected chi connectivity index (χ0v) is 14.5. The summed E-state index contributed by atoms with van der Waals surface area (Å²) >= 11 is 1.62. The van der Waals surface area contributed by atoms with Crippen LogP contribution >= 0.6 is 11.3 Å². The summed E-state index contributed by atoms with van der Waals surface area (Å²) in [6, 6.07) is -0.0780. The molecule has 0 saturated carbocycles. The van der Waals surface area contributed by atoms with E-state index >= 15 is 0 Å². The second-order valence-electron chi connectivity index (χ2n) is 7.47. The number of aliphatic hydroxyl groups is 1. The Morgan fingerprint density at radius 3 is 2.62 bits per heavy atom. The first-order chi connectivity index (χ1) is 9.59. The summed E-state index contributed by atoms with van der Waals surface area (Å²) in [7, 11) is 0. The van der Waals surface area contributed by atoms with E-state index in [1.807, 2.05) is 10.3 Å². The van der Waals surface area contributed by atoms with Gasteiger partial charge in [0, 0.05) is 17.3 Å². The van der Waals surface area contributed by atoms with Gasteiger partial charge in [-0.2, -0.15) is 0 Å². The van der Waals surface area contributed by atoms with Crippen LogP contribution in [0.2, 0.25) is 0 Å². The molecule has 1 fully saturated rings. The number of hydrogen-bond donors (Lipinski definition) is 1. The van der Waals surface area contributed by atoms with E-state index in [9.17, 15) is 9.90 Å². The third-order valence-electron chi connectivity index (χ3n) is 3.91. The molecule has 0 aliphatic carbocycles. The third-order valence-corrected chi connectivity index (χ3v) is 5.23. The van der Waals surface area contributed by atoms with E-state index in [2.05, 4.69) is 25.8 Å². The highest BCUT2D eigenvalue weighted by atomic mass is 32.1. The van der Waals surface area contributed by atoms with E-state index in [1.54, 1.807) is 25.2 Å². The highest BCUT2D eigenvalue weighted by molar-refractivity contribution is 7.09. The van der Waals surface area contributed by atoms with Crippen LogP contribution in [0.1, 0.15) is 58.2 Å². The summed E-state index contributed by atoms with van der Waals surface area (Å²) in [6.45, 7) is 10.7. The van der Waals surface area contributed by atoms with Gasteiger partial charge in [-0.3, -0.25) is 4.79 Å². The predicted octanol–water partition coefficient (Wildman–Crippen LogP) is 2.75. The van der Waals surface area contributed by atoms with Gasteiger partial charge in [-0.25, -0.2) is 4.98 Å². The van der Waals surface area contributed by atoms with Crippen LogP contribution in [-0.4, -0.2) is 39.1 Å². The molecule has 1 aromatic heterocycles. The van der Waals surface area contributed by atoms with Gasteiger partial charge in [-0.1, -0.05) is 20.8 Å². The molecule has 1 N–H and O–H groups in total. The van der Waals surface area contributed by atoms with Crippen molar-refractivity contribution in [2.24, 2.45) is 0 Å².